The molecule has 2 aromatic carbocycles. The third-order valence-corrected chi connectivity index (χ3v) is 6.54. The predicted molar refractivity (Wildman–Crippen MR) is 121 cm³/mol. The van der Waals surface area contributed by atoms with E-state index in [0.29, 0.717) is 5.56 Å². The summed E-state index contributed by atoms with van der Waals surface area (Å²) in [5.74, 6) is -1.20. The lowest BCUT2D eigenvalue weighted by molar-refractivity contribution is 0.0474. The van der Waals surface area contributed by atoms with Crippen molar-refractivity contribution >= 4 is 33.4 Å². The molecule has 0 saturated heterocycles. The number of esters is 1. The Hall–Kier alpha value is -2.94. The number of sulfonamides is 1. The van der Waals surface area contributed by atoms with Gasteiger partial charge in [0.25, 0.3) is 0 Å². The minimum absolute atomic E-state index is 0.0699. The third-order valence-electron chi connectivity index (χ3n) is 5.15. The fraction of sp³-hybridized carbons (Fsp3) is 0.217. The molecule has 9 heteroatoms. The maximum atomic E-state index is 12.7. The quantitative estimate of drug-likeness (QED) is 0.395. The van der Waals surface area contributed by atoms with Crippen molar-refractivity contribution in [1.82, 2.24) is 4.57 Å². The van der Waals surface area contributed by atoms with E-state index in [2.05, 4.69) is 16.7 Å². The maximum absolute atomic E-state index is 12.7. The molecule has 0 fully saturated rings. The van der Waals surface area contributed by atoms with Gasteiger partial charge in [-0.25, -0.2) is 18.4 Å². The Morgan fingerprint density at radius 3 is 2.41 bits per heavy atom. The summed E-state index contributed by atoms with van der Waals surface area (Å²) in [6, 6.07) is 15.4. The van der Waals surface area contributed by atoms with Crippen LogP contribution in [0, 0.1) is 13.8 Å². The number of hydrogen-bond donors (Lipinski definition) is 1. The van der Waals surface area contributed by atoms with Gasteiger partial charge in [-0.05, 0) is 50.1 Å². The van der Waals surface area contributed by atoms with Crippen LogP contribution >= 0.6 is 11.6 Å². The Kier molecular flexibility index (Phi) is 7.18. The van der Waals surface area contributed by atoms with Crippen LogP contribution in [0.25, 0.3) is 0 Å². The molecule has 7 nitrogen and oxygen atoms in total. The topological polar surface area (TPSA) is 108 Å². The van der Waals surface area contributed by atoms with Crippen LogP contribution in [0.15, 0.2) is 59.5 Å². The molecule has 0 radical (unpaired) electrons. The van der Waals surface area contributed by atoms with Gasteiger partial charge < -0.3 is 9.30 Å². The number of nitrogens with two attached hydrogens (primary N) is 1. The summed E-state index contributed by atoms with van der Waals surface area (Å²) in [6.07, 6.45) is 0.822. The van der Waals surface area contributed by atoms with Crippen molar-refractivity contribution in [2.24, 2.45) is 5.14 Å². The van der Waals surface area contributed by atoms with Gasteiger partial charge in [0.05, 0.1) is 10.6 Å². The minimum atomic E-state index is -4.11. The lowest BCUT2D eigenvalue weighted by atomic mass is 10.1. The van der Waals surface area contributed by atoms with Crippen molar-refractivity contribution < 1.29 is 22.7 Å². The first kappa shape index (κ1) is 23.7. The van der Waals surface area contributed by atoms with Gasteiger partial charge in [-0.2, -0.15) is 0 Å². The normalized spacial score (nSPS) is 11.4. The fourth-order valence-electron chi connectivity index (χ4n) is 3.45. The highest BCUT2D eigenvalue weighted by Crippen LogP contribution is 2.22. The van der Waals surface area contributed by atoms with Gasteiger partial charge in [-0.1, -0.05) is 41.9 Å². The van der Waals surface area contributed by atoms with E-state index in [-0.39, 0.29) is 21.3 Å². The van der Waals surface area contributed by atoms with Crippen LogP contribution in [-0.4, -0.2) is 31.3 Å². The summed E-state index contributed by atoms with van der Waals surface area (Å²) in [5.41, 5.74) is 3.33. The lowest BCUT2D eigenvalue weighted by Gasteiger charge is -2.10. The molecule has 2 N–H and O–H groups in total. The Morgan fingerprint density at radius 2 is 1.75 bits per heavy atom. The zero-order valence-electron chi connectivity index (χ0n) is 17.7. The van der Waals surface area contributed by atoms with E-state index in [1.165, 1.54) is 17.7 Å². The Labute approximate surface area is 191 Å². The van der Waals surface area contributed by atoms with Gasteiger partial charge in [0, 0.05) is 23.5 Å². The SMILES string of the molecule is Cc1cc(C(=O)COC(=O)c2ccc(Cl)c(S(N)(=O)=O)c2)c(C)n1CCc1ccccc1. The smallest absolute Gasteiger partial charge is 0.338 e. The van der Waals surface area contributed by atoms with Crippen molar-refractivity contribution in [2.45, 2.75) is 31.7 Å². The number of carbonyl (C=O) groups excluding carboxylic acids is 2. The number of hydrogen-bond acceptors (Lipinski definition) is 5. The van der Waals surface area contributed by atoms with Crippen molar-refractivity contribution in [3.05, 3.63) is 87.7 Å². The van der Waals surface area contributed by atoms with Crippen molar-refractivity contribution in [1.29, 1.82) is 0 Å². The summed E-state index contributed by atoms with van der Waals surface area (Å²) in [4.78, 5) is 24.6. The maximum Gasteiger partial charge on any atom is 0.338 e. The zero-order valence-corrected chi connectivity index (χ0v) is 19.2. The Bertz CT molecular complexity index is 1270. The Balaban J connectivity index is 1.68. The molecule has 0 amide bonds. The van der Waals surface area contributed by atoms with Gasteiger partial charge in [-0.3, -0.25) is 4.79 Å². The average Bonchev–Trinajstić information content (AvgIpc) is 3.04. The standard InChI is InChI=1S/C23H23ClN2O5S/c1-15-12-19(16(2)26(15)11-10-17-6-4-3-5-7-17)21(27)14-31-23(28)18-8-9-20(24)22(13-18)32(25,29)30/h3-9,12-13H,10-11,14H2,1-2H3,(H2,25,29,30). The summed E-state index contributed by atoms with van der Waals surface area (Å²) in [6.45, 7) is 4.01. The summed E-state index contributed by atoms with van der Waals surface area (Å²) < 4.78 is 30.3. The van der Waals surface area contributed by atoms with E-state index >= 15 is 0 Å². The molecule has 0 bridgehead atoms. The molecule has 3 rings (SSSR count). The second-order valence-corrected chi connectivity index (χ2v) is 9.30. The highest BCUT2D eigenvalue weighted by Gasteiger charge is 2.20. The fourth-order valence-corrected chi connectivity index (χ4v) is 4.52. The first-order valence-electron chi connectivity index (χ1n) is 9.81. The molecule has 1 aromatic heterocycles. The molecule has 3 aromatic rings. The van der Waals surface area contributed by atoms with Crippen LogP contribution in [0.2, 0.25) is 5.02 Å². The Morgan fingerprint density at radius 1 is 1.06 bits per heavy atom. The number of ether oxygens (including phenoxy) is 1. The van der Waals surface area contributed by atoms with Gasteiger partial charge in [0.2, 0.25) is 15.8 Å². The molecule has 0 spiro atoms. The van der Waals surface area contributed by atoms with Gasteiger partial charge in [-0.15, -0.1) is 0 Å². The first-order valence-corrected chi connectivity index (χ1v) is 11.7. The molecule has 0 aliphatic rings. The summed E-state index contributed by atoms with van der Waals surface area (Å²) >= 11 is 5.82. The second-order valence-electron chi connectivity index (χ2n) is 7.36. The predicted octanol–water partition coefficient (Wildman–Crippen LogP) is 3.69. The number of aromatic nitrogens is 1. The van der Waals surface area contributed by atoms with Crippen molar-refractivity contribution in [2.75, 3.05) is 6.61 Å². The number of rotatable bonds is 8. The number of ketones is 1. The van der Waals surface area contributed by atoms with E-state index in [9.17, 15) is 18.0 Å². The largest absolute Gasteiger partial charge is 0.454 e. The monoisotopic (exact) mass is 474 g/mol. The zero-order chi connectivity index (χ0) is 23.5. The first-order chi connectivity index (χ1) is 15.1. The molecular weight excluding hydrogens is 452 g/mol. The molecule has 32 heavy (non-hydrogen) atoms. The van der Waals surface area contributed by atoms with E-state index in [0.717, 1.165) is 30.4 Å². The molecule has 1 heterocycles. The van der Waals surface area contributed by atoms with Crippen LogP contribution in [0.4, 0.5) is 0 Å². The van der Waals surface area contributed by atoms with E-state index in [4.69, 9.17) is 21.5 Å². The van der Waals surface area contributed by atoms with E-state index < -0.39 is 22.6 Å². The van der Waals surface area contributed by atoms with Crippen LogP contribution < -0.4 is 5.14 Å². The van der Waals surface area contributed by atoms with Crippen LogP contribution in [-0.2, 0) is 27.7 Å². The minimum Gasteiger partial charge on any atom is -0.454 e. The third kappa shape index (κ3) is 5.45. The van der Waals surface area contributed by atoms with Gasteiger partial charge in [0.15, 0.2) is 6.61 Å². The van der Waals surface area contributed by atoms with Gasteiger partial charge in [0.1, 0.15) is 4.90 Å². The number of aryl methyl sites for hydroxylation is 2. The van der Waals surface area contributed by atoms with Crippen LogP contribution in [0.1, 0.15) is 37.7 Å². The number of nitrogens with zero attached hydrogens (tertiary/aromatic N) is 1. The lowest BCUT2D eigenvalue weighted by Crippen LogP contribution is -2.17. The number of primary sulfonamides is 1. The highest BCUT2D eigenvalue weighted by molar-refractivity contribution is 7.89. The summed E-state index contributed by atoms with van der Waals surface area (Å²) in [7, 11) is -4.11. The van der Waals surface area contributed by atoms with Crippen molar-refractivity contribution in [3.63, 3.8) is 0 Å². The number of halogens is 1. The van der Waals surface area contributed by atoms with Crippen molar-refractivity contribution in [3.8, 4) is 0 Å². The van der Waals surface area contributed by atoms with Gasteiger partial charge >= 0.3 is 5.97 Å². The molecule has 0 saturated carbocycles. The number of benzene rings is 2. The number of Topliss-reactive ketones (excluding diaryl/α,β-unsaturated/α-hetero) is 1. The molecule has 0 aliphatic heterocycles. The molecule has 0 unspecified atom stereocenters. The molecule has 0 atom stereocenters. The number of carbonyl (C=O) groups is 2. The second kappa shape index (κ2) is 9.68. The highest BCUT2D eigenvalue weighted by atomic mass is 35.5. The van der Waals surface area contributed by atoms with Crippen LogP contribution in [0.3, 0.4) is 0 Å². The van der Waals surface area contributed by atoms with E-state index in [1.807, 2.05) is 32.0 Å². The van der Waals surface area contributed by atoms with E-state index in [1.54, 1.807) is 6.07 Å². The average molecular weight is 475 g/mol. The summed E-state index contributed by atoms with van der Waals surface area (Å²) in [5, 5.41) is 4.99. The molecule has 168 valence electrons. The molecular formula is C23H23ClN2O5S. The van der Waals surface area contributed by atoms with Crippen LogP contribution in [0.5, 0.6) is 0 Å². The molecule has 0 aliphatic carbocycles.